The molecule has 9 heavy (non-hydrogen) atoms. The molecule has 1 rings (SSSR count). The van der Waals surface area contributed by atoms with Crippen LogP contribution in [0, 0.1) is 0 Å². The van der Waals surface area contributed by atoms with Crippen molar-refractivity contribution in [2.45, 2.75) is 12.8 Å². The first-order chi connectivity index (χ1) is 4.21. The molecular formula is C5H12O2S2. The summed E-state index contributed by atoms with van der Waals surface area (Å²) in [5, 5.41) is 0.562. The quantitative estimate of drug-likeness (QED) is 0.582. The zero-order valence-corrected chi connectivity index (χ0v) is 6.88. The van der Waals surface area contributed by atoms with Gasteiger partial charge in [-0.3, -0.25) is 9.11 Å². The van der Waals surface area contributed by atoms with E-state index >= 15 is 0 Å². The normalized spacial score (nSPS) is 30.9. The third-order valence-electron chi connectivity index (χ3n) is 1.28. The molecule has 1 fully saturated rings. The Morgan fingerprint density at radius 1 is 1.22 bits per heavy atom. The molecule has 2 nitrogen and oxygen atoms in total. The Kier molecular flexibility index (Phi) is 2.70. The fourth-order valence-corrected chi connectivity index (χ4v) is 3.87. The van der Waals surface area contributed by atoms with E-state index < -0.39 is 10.6 Å². The van der Waals surface area contributed by atoms with Gasteiger partial charge in [0.2, 0.25) is 0 Å². The molecule has 2 N–H and O–H groups in total. The summed E-state index contributed by atoms with van der Waals surface area (Å²) in [5.74, 6) is 1.72. The van der Waals surface area contributed by atoms with E-state index in [0.717, 1.165) is 18.6 Å². The van der Waals surface area contributed by atoms with E-state index in [2.05, 4.69) is 0 Å². The fourth-order valence-electron chi connectivity index (χ4n) is 0.789. The minimum atomic E-state index is -2.16. The highest BCUT2D eigenvalue weighted by Gasteiger charge is 2.14. The first-order valence-corrected chi connectivity index (χ1v) is 6.06. The Morgan fingerprint density at radius 2 is 2.00 bits per heavy atom. The van der Waals surface area contributed by atoms with Crippen LogP contribution in [0.15, 0.2) is 0 Å². The summed E-state index contributed by atoms with van der Waals surface area (Å²) in [6.07, 6.45) is 2.12. The molecule has 56 valence electrons. The first-order valence-electron chi connectivity index (χ1n) is 3.02. The zero-order valence-electron chi connectivity index (χ0n) is 5.25. The van der Waals surface area contributed by atoms with Crippen LogP contribution in [0.3, 0.4) is 0 Å². The Labute approximate surface area is 61.4 Å². The summed E-state index contributed by atoms with van der Waals surface area (Å²) in [6, 6.07) is 0. The van der Waals surface area contributed by atoms with E-state index in [4.69, 9.17) is 0 Å². The summed E-state index contributed by atoms with van der Waals surface area (Å²) in [7, 11) is -2.16. The Hall–Kier alpha value is 0.620. The van der Waals surface area contributed by atoms with Gasteiger partial charge in [-0.15, -0.1) is 11.8 Å². The average molecular weight is 168 g/mol. The summed E-state index contributed by atoms with van der Waals surface area (Å²) < 4.78 is 18.3. The van der Waals surface area contributed by atoms with Crippen LogP contribution in [0.25, 0.3) is 0 Å². The lowest BCUT2D eigenvalue weighted by Crippen LogP contribution is -2.02. The molecule has 1 heterocycles. The average Bonchev–Trinajstić information content (AvgIpc) is 1.92. The standard InChI is InChI=1S/C5H12O2S2/c6-9(7)4-2-1-3-8-5-9/h6-7H,1-5H2. The van der Waals surface area contributed by atoms with Crippen LogP contribution in [0.2, 0.25) is 0 Å². The highest BCUT2D eigenvalue weighted by Crippen LogP contribution is 2.44. The second-order valence-corrected chi connectivity index (χ2v) is 6.01. The van der Waals surface area contributed by atoms with Gasteiger partial charge in [-0.2, -0.15) is 10.6 Å². The zero-order chi connectivity index (χ0) is 6.74. The van der Waals surface area contributed by atoms with Gasteiger partial charge in [0.25, 0.3) is 0 Å². The van der Waals surface area contributed by atoms with Crippen molar-refractivity contribution < 1.29 is 9.11 Å². The van der Waals surface area contributed by atoms with Gasteiger partial charge in [-0.05, 0) is 18.6 Å². The number of hydrogen-bond donors (Lipinski definition) is 2. The van der Waals surface area contributed by atoms with Gasteiger partial charge in [0.05, 0.1) is 5.08 Å². The van der Waals surface area contributed by atoms with E-state index in [1.54, 1.807) is 11.8 Å². The van der Waals surface area contributed by atoms with E-state index in [1.807, 2.05) is 0 Å². The summed E-state index contributed by atoms with van der Waals surface area (Å²) in [6.45, 7) is 0. The maximum absolute atomic E-state index is 9.17. The fraction of sp³-hybridized carbons (Fsp3) is 1.00. The molecule has 0 atom stereocenters. The highest BCUT2D eigenvalue weighted by molar-refractivity contribution is 8.32. The molecule has 0 unspecified atom stereocenters. The second-order valence-electron chi connectivity index (χ2n) is 2.24. The topological polar surface area (TPSA) is 40.5 Å². The van der Waals surface area contributed by atoms with E-state index in [-0.39, 0.29) is 0 Å². The van der Waals surface area contributed by atoms with Crippen LogP contribution < -0.4 is 0 Å². The molecule has 0 aliphatic carbocycles. The van der Waals surface area contributed by atoms with Gasteiger partial charge in [0, 0.05) is 5.75 Å². The van der Waals surface area contributed by atoms with Crippen molar-refractivity contribution in [2.75, 3.05) is 16.6 Å². The third-order valence-corrected chi connectivity index (χ3v) is 4.98. The molecule has 0 radical (unpaired) electrons. The molecule has 0 bridgehead atoms. The first kappa shape index (κ1) is 7.72. The maximum atomic E-state index is 9.17. The molecule has 0 aromatic carbocycles. The lowest BCUT2D eigenvalue weighted by molar-refractivity contribution is 0.491. The number of hydrogen-bond acceptors (Lipinski definition) is 3. The van der Waals surface area contributed by atoms with Gasteiger partial charge in [-0.25, -0.2) is 0 Å². The molecule has 0 amide bonds. The molecule has 1 aliphatic rings. The van der Waals surface area contributed by atoms with Crippen LogP contribution in [-0.2, 0) is 0 Å². The molecule has 0 spiro atoms. The van der Waals surface area contributed by atoms with Crippen LogP contribution in [0.4, 0.5) is 0 Å². The van der Waals surface area contributed by atoms with Gasteiger partial charge in [0.15, 0.2) is 0 Å². The lowest BCUT2D eigenvalue weighted by Gasteiger charge is -2.29. The van der Waals surface area contributed by atoms with Crippen LogP contribution in [0.1, 0.15) is 12.8 Å². The summed E-state index contributed by atoms with van der Waals surface area (Å²) in [4.78, 5) is 0. The van der Waals surface area contributed by atoms with Crippen molar-refractivity contribution in [1.29, 1.82) is 0 Å². The highest BCUT2D eigenvalue weighted by atomic mass is 32.3. The summed E-state index contributed by atoms with van der Waals surface area (Å²) in [5.41, 5.74) is 0. The molecule has 0 aromatic rings. The van der Waals surface area contributed by atoms with E-state index in [9.17, 15) is 9.11 Å². The predicted molar refractivity (Wildman–Crippen MR) is 44.3 cm³/mol. The predicted octanol–water partition coefficient (Wildman–Crippen LogP) is 2.22. The van der Waals surface area contributed by atoms with Crippen molar-refractivity contribution in [2.24, 2.45) is 0 Å². The largest absolute Gasteiger partial charge is 0.299 e. The molecule has 1 saturated heterocycles. The molecule has 1 aliphatic heterocycles. The Morgan fingerprint density at radius 3 is 2.78 bits per heavy atom. The van der Waals surface area contributed by atoms with Crippen LogP contribution in [-0.4, -0.2) is 25.7 Å². The Balaban J connectivity index is 2.36. The minimum absolute atomic E-state index is 0.562. The van der Waals surface area contributed by atoms with Gasteiger partial charge < -0.3 is 0 Å². The van der Waals surface area contributed by atoms with Gasteiger partial charge in [0.1, 0.15) is 0 Å². The van der Waals surface area contributed by atoms with E-state index in [1.165, 1.54) is 0 Å². The van der Waals surface area contributed by atoms with Crippen molar-refractivity contribution in [3.63, 3.8) is 0 Å². The van der Waals surface area contributed by atoms with Crippen LogP contribution in [0.5, 0.6) is 0 Å². The molecular weight excluding hydrogens is 156 g/mol. The monoisotopic (exact) mass is 168 g/mol. The van der Waals surface area contributed by atoms with E-state index in [0.29, 0.717) is 10.8 Å². The SMILES string of the molecule is OS1(O)CCCCSC1. The third kappa shape index (κ3) is 2.80. The van der Waals surface area contributed by atoms with Gasteiger partial charge >= 0.3 is 0 Å². The van der Waals surface area contributed by atoms with Crippen molar-refractivity contribution in [3.05, 3.63) is 0 Å². The molecule has 4 heteroatoms. The second kappa shape index (κ2) is 3.14. The maximum Gasteiger partial charge on any atom is 0.0828 e. The van der Waals surface area contributed by atoms with Crippen molar-refractivity contribution >= 4 is 22.4 Å². The summed E-state index contributed by atoms with van der Waals surface area (Å²) >= 11 is 1.66. The smallest absolute Gasteiger partial charge is 0.0828 e. The van der Waals surface area contributed by atoms with Gasteiger partial charge in [-0.1, -0.05) is 0 Å². The number of rotatable bonds is 0. The molecule has 0 aromatic heterocycles. The minimum Gasteiger partial charge on any atom is -0.299 e. The molecule has 0 saturated carbocycles. The number of thioether (sulfide) groups is 1. The lowest BCUT2D eigenvalue weighted by atomic mass is 10.4. The Bertz CT molecular complexity index is 85.0. The van der Waals surface area contributed by atoms with Crippen LogP contribution >= 0.6 is 22.4 Å². The van der Waals surface area contributed by atoms with Crippen molar-refractivity contribution in [1.82, 2.24) is 0 Å². The van der Waals surface area contributed by atoms with Crippen molar-refractivity contribution in [3.8, 4) is 0 Å².